The summed E-state index contributed by atoms with van der Waals surface area (Å²) in [6.45, 7) is 1.83. The molecule has 0 radical (unpaired) electrons. The number of carbonyl (C=O) groups excluding carboxylic acids is 1. The first-order valence-electron chi connectivity index (χ1n) is 6.26. The lowest BCUT2D eigenvalue weighted by Crippen LogP contribution is -2.28. The molecule has 0 fully saturated rings. The van der Waals surface area contributed by atoms with E-state index in [1.165, 1.54) is 0 Å². The van der Waals surface area contributed by atoms with Crippen molar-refractivity contribution in [3.05, 3.63) is 34.2 Å². The van der Waals surface area contributed by atoms with Crippen molar-refractivity contribution in [3.8, 4) is 0 Å². The summed E-state index contributed by atoms with van der Waals surface area (Å²) < 4.78 is 0. The third-order valence-electron chi connectivity index (χ3n) is 2.88. The van der Waals surface area contributed by atoms with Crippen molar-refractivity contribution in [2.24, 2.45) is 0 Å². The number of hydrogen-bond donors (Lipinski definition) is 4. The van der Waals surface area contributed by atoms with Crippen molar-refractivity contribution in [2.75, 3.05) is 11.5 Å². The van der Waals surface area contributed by atoms with Crippen LogP contribution in [0.4, 0.5) is 0 Å². The summed E-state index contributed by atoms with van der Waals surface area (Å²) in [5, 5.41) is 11.3. The number of nitrogens with one attached hydrogen (secondary N) is 3. The van der Waals surface area contributed by atoms with Crippen LogP contribution in [0.5, 0.6) is 0 Å². The third kappa shape index (κ3) is 4.12. The van der Waals surface area contributed by atoms with Crippen LogP contribution >= 0.6 is 11.8 Å². The van der Waals surface area contributed by atoms with Crippen molar-refractivity contribution in [1.29, 1.82) is 0 Å². The fourth-order valence-electron chi connectivity index (χ4n) is 1.92. The first kappa shape index (κ1) is 15.2. The fraction of sp³-hybridized carbons (Fsp3) is 0.308. The summed E-state index contributed by atoms with van der Waals surface area (Å²) in [4.78, 5) is 38.6. The molecule has 0 aliphatic rings. The number of H-pyrrole nitrogens is 2. The molecule has 1 unspecified atom stereocenters. The van der Waals surface area contributed by atoms with Gasteiger partial charge in [-0.1, -0.05) is 6.07 Å². The SMILES string of the molecule is CC(NC(=O)CSCC(=O)O)c1ccc2[nH]c(=O)[nH]c2c1. The minimum atomic E-state index is -0.942. The molecule has 0 aliphatic heterocycles. The van der Waals surface area contributed by atoms with Gasteiger partial charge >= 0.3 is 11.7 Å². The number of fused-ring (bicyclic) bond motifs is 1. The zero-order chi connectivity index (χ0) is 15.4. The summed E-state index contributed by atoms with van der Waals surface area (Å²) in [5.74, 6) is -1.17. The van der Waals surface area contributed by atoms with Crippen LogP contribution in [-0.4, -0.2) is 38.5 Å². The van der Waals surface area contributed by atoms with Crippen molar-refractivity contribution in [1.82, 2.24) is 15.3 Å². The van der Waals surface area contributed by atoms with Gasteiger partial charge in [-0.05, 0) is 24.6 Å². The largest absolute Gasteiger partial charge is 0.481 e. The lowest BCUT2D eigenvalue weighted by molar-refractivity contribution is -0.133. The molecule has 0 bridgehead atoms. The Morgan fingerprint density at radius 2 is 2.00 bits per heavy atom. The zero-order valence-electron chi connectivity index (χ0n) is 11.3. The second-order valence-corrected chi connectivity index (χ2v) is 5.55. The standard InChI is InChI=1S/C13H15N3O4S/c1-7(14-11(17)5-21-6-12(18)19)8-2-3-9-10(4-8)16-13(20)15-9/h2-4,7H,5-6H2,1H3,(H,14,17)(H,18,19)(H2,15,16,20). The van der Waals surface area contributed by atoms with Gasteiger partial charge in [0.05, 0.1) is 28.6 Å². The zero-order valence-corrected chi connectivity index (χ0v) is 12.1. The molecule has 1 aromatic carbocycles. The molecule has 0 saturated heterocycles. The molecular formula is C13H15N3O4S. The minimum absolute atomic E-state index is 0.0971. The van der Waals surface area contributed by atoms with Crippen LogP contribution in [0.3, 0.4) is 0 Å². The number of carboxylic acids is 1. The Morgan fingerprint density at radius 3 is 2.71 bits per heavy atom. The maximum absolute atomic E-state index is 11.7. The molecule has 8 heteroatoms. The average Bonchev–Trinajstić information content (AvgIpc) is 2.76. The van der Waals surface area contributed by atoms with Crippen LogP contribution in [0.2, 0.25) is 0 Å². The lowest BCUT2D eigenvalue weighted by atomic mass is 10.1. The molecule has 1 aromatic heterocycles. The number of imidazole rings is 1. The number of hydrogen-bond acceptors (Lipinski definition) is 4. The smallest absolute Gasteiger partial charge is 0.323 e. The van der Waals surface area contributed by atoms with E-state index in [1.807, 2.05) is 13.0 Å². The topological polar surface area (TPSA) is 115 Å². The molecule has 2 aromatic rings. The van der Waals surface area contributed by atoms with Gasteiger partial charge in [-0.25, -0.2) is 4.79 Å². The molecule has 0 aliphatic carbocycles. The third-order valence-corrected chi connectivity index (χ3v) is 3.79. The van der Waals surface area contributed by atoms with Gasteiger partial charge in [0, 0.05) is 0 Å². The predicted octanol–water partition coefficient (Wildman–Crippen LogP) is 0.851. The highest BCUT2D eigenvalue weighted by Crippen LogP contribution is 2.17. The molecule has 2 rings (SSSR count). The molecule has 0 spiro atoms. The van der Waals surface area contributed by atoms with E-state index in [4.69, 9.17) is 5.11 Å². The monoisotopic (exact) mass is 309 g/mol. The van der Waals surface area contributed by atoms with Crippen molar-refractivity contribution < 1.29 is 14.7 Å². The number of aromatic amines is 2. The molecule has 1 atom stereocenters. The lowest BCUT2D eigenvalue weighted by Gasteiger charge is -2.14. The van der Waals surface area contributed by atoms with E-state index in [0.29, 0.717) is 11.0 Å². The van der Waals surface area contributed by atoms with Crippen molar-refractivity contribution in [2.45, 2.75) is 13.0 Å². The van der Waals surface area contributed by atoms with Crippen LogP contribution in [0.15, 0.2) is 23.0 Å². The molecular weight excluding hydrogens is 294 g/mol. The van der Waals surface area contributed by atoms with Crippen LogP contribution in [0.25, 0.3) is 11.0 Å². The Bertz CT molecular complexity index is 722. The Hall–Kier alpha value is -2.22. The number of carboxylic acid groups (broad SMARTS) is 1. The summed E-state index contributed by atoms with van der Waals surface area (Å²) in [7, 11) is 0. The predicted molar refractivity (Wildman–Crippen MR) is 80.4 cm³/mol. The molecule has 0 saturated carbocycles. The number of rotatable bonds is 6. The van der Waals surface area contributed by atoms with Gasteiger partial charge in [0.1, 0.15) is 0 Å². The first-order chi connectivity index (χ1) is 9.95. The first-order valence-corrected chi connectivity index (χ1v) is 7.42. The Balaban J connectivity index is 1.97. The molecule has 4 N–H and O–H groups in total. The van der Waals surface area contributed by atoms with Gasteiger partial charge in [-0.3, -0.25) is 9.59 Å². The Kier molecular flexibility index (Phi) is 4.69. The maximum Gasteiger partial charge on any atom is 0.323 e. The van der Waals surface area contributed by atoms with E-state index in [0.717, 1.165) is 17.3 Å². The van der Waals surface area contributed by atoms with E-state index in [1.54, 1.807) is 12.1 Å². The van der Waals surface area contributed by atoms with E-state index >= 15 is 0 Å². The van der Waals surface area contributed by atoms with Crippen LogP contribution in [-0.2, 0) is 9.59 Å². The number of thioether (sulfide) groups is 1. The molecule has 21 heavy (non-hydrogen) atoms. The van der Waals surface area contributed by atoms with Gasteiger partial charge < -0.3 is 20.4 Å². The van der Waals surface area contributed by atoms with Crippen molar-refractivity contribution in [3.63, 3.8) is 0 Å². The number of aromatic nitrogens is 2. The quantitative estimate of drug-likeness (QED) is 0.631. The molecule has 7 nitrogen and oxygen atoms in total. The number of benzene rings is 1. The summed E-state index contributed by atoms with van der Waals surface area (Å²) >= 11 is 1.05. The van der Waals surface area contributed by atoms with E-state index in [9.17, 15) is 14.4 Å². The highest BCUT2D eigenvalue weighted by atomic mass is 32.2. The van der Waals surface area contributed by atoms with Gasteiger partial charge in [0.2, 0.25) is 5.91 Å². The second-order valence-electron chi connectivity index (χ2n) is 4.56. The summed E-state index contributed by atoms with van der Waals surface area (Å²) in [6.07, 6.45) is 0. The van der Waals surface area contributed by atoms with Crippen LogP contribution < -0.4 is 11.0 Å². The number of aliphatic carboxylic acids is 1. The van der Waals surface area contributed by atoms with Crippen LogP contribution in [0.1, 0.15) is 18.5 Å². The average molecular weight is 309 g/mol. The highest BCUT2D eigenvalue weighted by Gasteiger charge is 2.11. The van der Waals surface area contributed by atoms with Crippen molar-refractivity contribution >= 4 is 34.7 Å². The number of carbonyl (C=O) groups is 2. The summed E-state index contributed by atoms with van der Waals surface area (Å²) in [5.41, 5.74) is 1.97. The maximum atomic E-state index is 11.7. The van der Waals surface area contributed by atoms with Crippen LogP contribution in [0, 0.1) is 0 Å². The molecule has 1 heterocycles. The minimum Gasteiger partial charge on any atom is -0.481 e. The van der Waals surface area contributed by atoms with E-state index < -0.39 is 5.97 Å². The normalized spacial score (nSPS) is 12.2. The van der Waals surface area contributed by atoms with Gasteiger partial charge in [-0.2, -0.15) is 0 Å². The fourth-order valence-corrected chi connectivity index (χ4v) is 2.46. The van der Waals surface area contributed by atoms with E-state index in [-0.39, 0.29) is 29.1 Å². The summed E-state index contributed by atoms with van der Waals surface area (Å²) in [6, 6.07) is 5.15. The van der Waals surface area contributed by atoms with Gasteiger partial charge in [-0.15, -0.1) is 11.8 Å². The van der Waals surface area contributed by atoms with Gasteiger partial charge in [0.15, 0.2) is 0 Å². The highest BCUT2D eigenvalue weighted by molar-refractivity contribution is 8.00. The number of amides is 1. The Morgan fingerprint density at radius 1 is 1.29 bits per heavy atom. The second kappa shape index (κ2) is 6.49. The van der Waals surface area contributed by atoms with E-state index in [2.05, 4.69) is 15.3 Å². The Labute approximate surface area is 124 Å². The molecule has 1 amide bonds. The molecule has 112 valence electrons. The van der Waals surface area contributed by atoms with Gasteiger partial charge in [0.25, 0.3) is 0 Å².